The van der Waals surface area contributed by atoms with E-state index in [-0.39, 0.29) is 35.8 Å². The molecule has 1 amide bonds. The van der Waals surface area contributed by atoms with Crippen molar-refractivity contribution in [2.75, 3.05) is 29.9 Å². The number of benzene rings is 2. The summed E-state index contributed by atoms with van der Waals surface area (Å²) in [6.07, 6.45) is 1.45. The molecule has 2 atom stereocenters. The maximum absolute atomic E-state index is 13.2. The predicted octanol–water partition coefficient (Wildman–Crippen LogP) is 2.60. The fraction of sp³-hybridized carbons (Fsp3) is 0.308. The van der Waals surface area contributed by atoms with Gasteiger partial charge in [-0.05, 0) is 63.2 Å². The van der Waals surface area contributed by atoms with Crippen LogP contribution in [0.2, 0.25) is 0 Å². The number of anilines is 2. The number of piperazine rings is 1. The second kappa shape index (κ2) is 11.2. The van der Waals surface area contributed by atoms with Crippen LogP contribution in [0.5, 0.6) is 0 Å². The highest BCUT2D eigenvalue weighted by atomic mass is 19.1. The lowest BCUT2D eigenvalue weighted by Crippen LogP contribution is -2.58. The van der Waals surface area contributed by atoms with Crippen molar-refractivity contribution >= 4 is 23.3 Å². The lowest BCUT2D eigenvalue weighted by molar-refractivity contribution is -0.139. The van der Waals surface area contributed by atoms with Crippen LogP contribution in [0, 0.1) is 24.1 Å². The molecule has 194 valence electrons. The van der Waals surface area contributed by atoms with E-state index in [9.17, 15) is 24.3 Å². The van der Waals surface area contributed by atoms with Gasteiger partial charge in [0.05, 0.1) is 40.9 Å². The molecule has 11 heteroatoms. The summed E-state index contributed by atoms with van der Waals surface area (Å²) in [5.74, 6) is -1.59. The fourth-order valence-corrected chi connectivity index (χ4v) is 4.67. The van der Waals surface area contributed by atoms with Gasteiger partial charge in [0.1, 0.15) is 11.9 Å². The molecule has 1 aliphatic rings. The molecule has 0 radical (unpaired) electrons. The first-order valence-electron chi connectivity index (χ1n) is 11.6. The minimum atomic E-state index is -0.863. The van der Waals surface area contributed by atoms with E-state index in [4.69, 9.17) is 0 Å². The molecule has 0 bridgehead atoms. The van der Waals surface area contributed by atoms with E-state index >= 15 is 0 Å². The number of carboxylic acids is 1. The molecule has 2 heterocycles. The highest BCUT2D eigenvalue weighted by molar-refractivity contribution is 6.05. The molecule has 3 aromatic rings. The lowest BCUT2D eigenvalue weighted by atomic mass is 10.0. The van der Waals surface area contributed by atoms with Crippen LogP contribution >= 0.6 is 0 Å². The van der Waals surface area contributed by atoms with Gasteiger partial charge < -0.3 is 20.8 Å². The van der Waals surface area contributed by atoms with E-state index < -0.39 is 5.97 Å². The Labute approximate surface area is 213 Å². The Balaban J connectivity index is 0.00000380. The molecule has 1 fully saturated rings. The first kappa shape index (κ1) is 27.3. The van der Waals surface area contributed by atoms with Gasteiger partial charge in [-0.1, -0.05) is 0 Å². The zero-order chi connectivity index (χ0) is 26.0. The maximum atomic E-state index is 13.2. The first-order chi connectivity index (χ1) is 17.2. The van der Waals surface area contributed by atoms with Crippen molar-refractivity contribution in [3.8, 4) is 11.8 Å². The molecule has 0 saturated carbocycles. The second-order valence-corrected chi connectivity index (χ2v) is 9.00. The van der Waals surface area contributed by atoms with E-state index in [0.717, 1.165) is 5.69 Å². The molecule has 2 aromatic carbocycles. The molecule has 1 saturated heterocycles. The zero-order valence-corrected chi connectivity index (χ0v) is 20.8. The topological polar surface area (TPSA) is 146 Å². The molecule has 1 aliphatic heterocycles. The summed E-state index contributed by atoms with van der Waals surface area (Å²) in [7, 11) is 0. The van der Waals surface area contributed by atoms with Crippen molar-refractivity contribution in [2.24, 2.45) is 0 Å². The smallest absolute Gasteiger partial charge is 0.317 e. The summed E-state index contributed by atoms with van der Waals surface area (Å²) >= 11 is 0. The number of nitrogens with zero attached hydrogens (tertiary/aromatic N) is 5. The molecule has 4 rings (SSSR count). The summed E-state index contributed by atoms with van der Waals surface area (Å²) in [6, 6.07) is 13.2. The lowest BCUT2D eigenvalue weighted by Gasteiger charge is -2.44. The van der Waals surface area contributed by atoms with Crippen LogP contribution in [0.1, 0.15) is 35.5 Å². The van der Waals surface area contributed by atoms with E-state index in [1.165, 1.54) is 18.3 Å². The number of aromatic nitrogens is 2. The van der Waals surface area contributed by atoms with Gasteiger partial charge in [0.25, 0.3) is 5.91 Å². The van der Waals surface area contributed by atoms with E-state index in [1.807, 2.05) is 18.7 Å². The van der Waals surface area contributed by atoms with E-state index in [0.29, 0.717) is 41.3 Å². The Hall–Kier alpha value is -4.27. The number of carbonyl (C=O) groups is 2. The van der Waals surface area contributed by atoms with Crippen molar-refractivity contribution in [3.05, 3.63) is 71.3 Å². The van der Waals surface area contributed by atoms with Crippen molar-refractivity contribution in [2.45, 2.75) is 32.9 Å². The number of aliphatic carboxylic acids is 1. The Morgan fingerprint density at radius 3 is 2.41 bits per heavy atom. The van der Waals surface area contributed by atoms with Crippen molar-refractivity contribution in [3.63, 3.8) is 0 Å². The normalized spacial score (nSPS) is 17.5. The molecule has 1 aromatic heterocycles. The maximum Gasteiger partial charge on any atom is 0.317 e. The Morgan fingerprint density at radius 2 is 1.81 bits per heavy atom. The van der Waals surface area contributed by atoms with Gasteiger partial charge in [0.2, 0.25) is 0 Å². The van der Waals surface area contributed by atoms with Crippen LogP contribution < -0.4 is 10.2 Å². The van der Waals surface area contributed by atoms with Crippen LogP contribution in [0.25, 0.3) is 5.69 Å². The van der Waals surface area contributed by atoms with Crippen LogP contribution in [0.4, 0.5) is 15.8 Å². The minimum Gasteiger partial charge on any atom is -0.480 e. The largest absolute Gasteiger partial charge is 0.480 e. The van der Waals surface area contributed by atoms with Gasteiger partial charge in [-0.25, -0.2) is 9.07 Å². The van der Waals surface area contributed by atoms with Gasteiger partial charge >= 0.3 is 5.97 Å². The molecule has 0 aliphatic carbocycles. The SMILES string of the molecule is Cc1c(C(=O)Nc2ccc(N3C[C@@H](C)N(CC(=O)O)[C@@H](C)C3)c(C#N)c2)cnn1-c1ccc(F)cc1.O. The Morgan fingerprint density at radius 1 is 1.16 bits per heavy atom. The number of carbonyl (C=O) groups excluding carboxylic acids is 1. The predicted molar refractivity (Wildman–Crippen MR) is 136 cm³/mol. The molecular weight excluding hydrogens is 479 g/mol. The zero-order valence-electron chi connectivity index (χ0n) is 20.8. The fourth-order valence-electron chi connectivity index (χ4n) is 4.67. The number of hydrogen-bond donors (Lipinski definition) is 2. The van der Waals surface area contributed by atoms with E-state index in [2.05, 4.69) is 21.4 Å². The third-order valence-electron chi connectivity index (χ3n) is 6.46. The average molecular weight is 509 g/mol. The monoisotopic (exact) mass is 508 g/mol. The summed E-state index contributed by atoms with van der Waals surface area (Å²) < 4.78 is 14.8. The average Bonchev–Trinajstić information content (AvgIpc) is 3.23. The molecule has 0 unspecified atom stereocenters. The van der Waals surface area contributed by atoms with Crippen molar-refractivity contribution in [1.82, 2.24) is 14.7 Å². The number of rotatable bonds is 6. The molecule has 0 spiro atoms. The highest BCUT2D eigenvalue weighted by Crippen LogP contribution is 2.28. The Bertz CT molecular complexity index is 1320. The van der Waals surface area contributed by atoms with Gasteiger partial charge in [-0.15, -0.1) is 0 Å². The third kappa shape index (κ3) is 5.77. The highest BCUT2D eigenvalue weighted by Gasteiger charge is 2.31. The third-order valence-corrected chi connectivity index (χ3v) is 6.46. The van der Waals surface area contributed by atoms with Crippen LogP contribution in [0.3, 0.4) is 0 Å². The summed E-state index contributed by atoms with van der Waals surface area (Å²) in [4.78, 5) is 28.2. The second-order valence-electron chi connectivity index (χ2n) is 9.00. The van der Waals surface area contributed by atoms with Gasteiger partial charge in [-0.2, -0.15) is 10.4 Å². The van der Waals surface area contributed by atoms with Gasteiger partial charge in [-0.3, -0.25) is 14.5 Å². The van der Waals surface area contributed by atoms with Gasteiger partial charge in [0, 0.05) is 30.9 Å². The first-order valence-corrected chi connectivity index (χ1v) is 11.6. The standard InChI is InChI=1S/C26H27FN6O3.H2O/c1-16-13-31(14-17(2)32(16)15-25(34)35)24-9-6-21(10-19(24)11-28)30-26(36)23-12-29-33(18(23)3)22-7-4-20(27)5-8-22;/h4-10,12,16-17H,13-15H2,1-3H3,(H,30,36)(H,34,35);1H2/t16-,17+;. The molecule has 37 heavy (non-hydrogen) atoms. The number of carboxylic acid groups (broad SMARTS) is 1. The number of halogens is 1. The number of nitrogens with one attached hydrogen (secondary N) is 1. The molecular formula is C26H29FN6O4. The number of amides is 1. The van der Waals surface area contributed by atoms with Crippen molar-refractivity contribution < 1.29 is 24.6 Å². The molecule has 10 nitrogen and oxygen atoms in total. The summed E-state index contributed by atoms with van der Waals surface area (Å²) in [5, 5.41) is 26.1. The van der Waals surface area contributed by atoms with Crippen molar-refractivity contribution in [1.29, 1.82) is 5.26 Å². The molecule has 4 N–H and O–H groups in total. The Kier molecular flexibility index (Phi) is 8.27. The number of nitriles is 1. The van der Waals surface area contributed by atoms with Gasteiger partial charge in [0.15, 0.2) is 0 Å². The minimum absolute atomic E-state index is 0. The summed E-state index contributed by atoms with van der Waals surface area (Å²) in [5.41, 5.74) is 3.22. The quantitative estimate of drug-likeness (QED) is 0.520. The van der Waals surface area contributed by atoms with Crippen LogP contribution in [-0.4, -0.2) is 68.9 Å². The van der Waals surface area contributed by atoms with Crippen LogP contribution in [0.15, 0.2) is 48.7 Å². The van der Waals surface area contributed by atoms with Crippen LogP contribution in [-0.2, 0) is 4.79 Å². The number of hydrogen-bond acceptors (Lipinski definition) is 6. The van der Waals surface area contributed by atoms with E-state index in [1.54, 1.807) is 41.9 Å². The summed E-state index contributed by atoms with van der Waals surface area (Å²) in [6.45, 7) is 6.84.